The number of urea groups is 1. The van der Waals surface area contributed by atoms with Gasteiger partial charge in [0.1, 0.15) is 5.69 Å². The van der Waals surface area contributed by atoms with Crippen molar-refractivity contribution >= 4 is 40.4 Å². The molecule has 3 amide bonds. The van der Waals surface area contributed by atoms with Crippen LogP contribution in [0, 0.1) is 0 Å². The Morgan fingerprint density at radius 3 is 2.24 bits per heavy atom. The molecule has 2 aromatic carbocycles. The fourth-order valence-corrected chi connectivity index (χ4v) is 5.30. The minimum absolute atomic E-state index is 0.0581. The number of alkyl halides is 3. The van der Waals surface area contributed by atoms with Crippen LogP contribution in [0.25, 0.3) is 0 Å². The molecule has 1 fully saturated rings. The van der Waals surface area contributed by atoms with E-state index < -0.39 is 17.8 Å². The predicted molar refractivity (Wildman–Crippen MR) is 153 cm³/mol. The molecular weight excluding hydrogens is 535 g/mol. The first kappa shape index (κ1) is 28.2. The van der Waals surface area contributed by atoms with Crippen molar-refractivity contribution in [1.82, 2.24) is 15.2 Å². The standard InChI is InChI=1S/C29H32F3N7O2/c1-3-37-12-14-38(15-13-37)26-7-5-21(17-23(26)29(30,31)32)36-28(41)35-20-4-6-25-19(16-20)9-11-39(25)22-8-10-34-24(18-22)27(40)33-2/h4-8,10,16-18H,3,9,11-15H2,1-2H3,(H,33,40)(H2,35,36,41). The lowest BCUT2D eigenvalue weighted by Gasteiger charge is -2.36. The Bertz CT molecular complexity index is 1440. The van der Waals surface area contributed by atoms with Gasteiger partial charge in [-0.05, 0) is 67.1 Å². The van der Waals surface area contributed by atoms with Crippen LogP contribution in [0.3, 0.4) is 0 Å². The third kappa shape index (κ3) is 6.22. The molecule has 3 N–H and O–H groups in total. The SMILES string of the molecule is CCN1CCN(c2ccc(NC(=O)Nc3ccc4c(c3)CCN4c3ccnc(C(=O)NC)c3)cc2C(F)(F)F)CC1. The molecule has 0 unspecified atom stereocenters. The van der Waals surface area contributed by atoms with Crippen LogP contribution in [0.4, 0.5) is 46.4 Å². The summed E-state index contributed by atoms with van der Waals surface area (Å²) in [6, 6.07) is 12.3. The summed E-state index contributed by atoms with van der Waals surface area (Å²) in [4.78, 5) is 34.8. The number of halogens is 3. The summed E-state index contributed by atoms with van der Waals surface area (Å²) < 4.78 is 41.9. The van der Waals surface area contributed by atoms with Crippen LogP contribution >= 0.6 is 0 Å². The molecule has 1 saturated heterocycles. The maximum absolute atomic E-state index is 14.0. The van der Waals surface area contributed by atoms with E-state index in [0.29, 0.717) is 50.5 Å². The number of likely N-dealkylation sites (N-methyl/N-ethyl adjacent to an activating group) is 1. The molecule has 0 atom stereocenters. The third-order valence-electron chi connectivity index (χ3n) is 7.47. The number of carbonyl (C=O) groups excluding carboxylic acids is 2. The maximum Gasteiger partial charge on any atom is 0.418 e. The van der Waals surface area contributed by atoms with Crippen molar-refractivity contribution in [2.24, 2.45) is 0 Å². The van der Waals surface area contributed by atoms with E-state index in [4.69, 9.17) is 0 Å². The van der Waals surface area contributed by atoms with Gasteiger partial charge in [-0.25, -0.2) is 4.79 Å². The zero-order valence-corrected chi connectivity index (χ0v) is 22.9. The lowest BCUT2D eigenvalue weighted by Crippen LogP contribution is -2.46. The molecule has 3 heterocycles. The van der Waals surface area contributed by atoms with Crippen LogP contribution in [-0.4, -0.2) is 68.1 Å². The van der Waals surface area contributed by atoms with E-state index in [1.807, 2.05) is 25.1 Å². The number of hydrogen-bond acceptors (Lipinski definition) is 6. The highest BCUT2D eigenvalue weighted by Gasteiger charge is 2.36. The van der Waals surface area contributed by atoms with Gasteiger partial charge in [-0.1, -0.05) is 6.92 Å². The second-order valence-corrected chi connectivity index (χ2v) is 9.95. The molecule has 9 nitrogen and oxygen atoms in total. The van der Waals surface area contributed by atoms with Gasteiger partial charge in [0.05, 0.1) is 5.56 Å². The summed E-state index contributed by atoms with van der Waals surface area (Å²) in [5.41, 5.74) is 3.00. The Morgan fingerprint density at radius 2 is 1.59 bits per heavy atom. The molecule has 3 aromatic rings. The maximum atomic E-state index is 14.0. The Balaban J connectivity index is 1.27. The van der Waals surface area contributed by atoms with Gasteiger partial charge in [0.2, 0.25) is 0 Å². The van der Waals surface area contributed by atoms with Gasteiger partial charge < -0.3 is 30.7 Å². The van der Waals surface area contributed by atoms with E-state index in [1.165, 1.54) is 12.1 Å². The molecule has 5 rings (SSSR count). The summed E-state index contributed by atoms with van der Waals surface area (Å²) in [5.74, 6) is -0.274. The summed E-state index contributed by atoms with van der Waals surface area (Å²) >= 11 is 0. The van der Waals surface area contributed by atoms with Gasteiger partial charge >= 0.3 is 12.2 Å². The Labute approximate surface area is 236 Å². The van der Waals surface area contributed by atoms with Crippen molar-refractivity contribution in [2.45, 2.75) is 19.5 Å². The fourth-order valence-electron chi connectivity index (χ4n) is 5.30. The van der Waals surface area contributed by atoms with Gasteiger partial charge in [0, 0.05) is 74.4 Å². The quantitative estimate of drug-likeness (QED) is 0.391. The molecule has 0 radical (unpaired) electrons. The molecule has 2 aliphatic heterocycles. The number of carbonyl (C=O) groups is 2. The number of nitrogens with one attached hydrogen (secondary N) is 3. The molecule has 0 bridgehead atoms. The summed E-state index contributed by atoms with van der Waals surface area (Å²) in [7, 11) is 1.55. The van der Waals surface area contributed by atoms with Crippen molar-refractivity contribution in [3.05, 3.63) is 71.5 Å². The number of nitrogens with zero attached hydrogens (tertiary/aromatic N) is 4. The van der Waals surface area contributed by atoms with Crippen LogP contribution in [0.15, 0.2) is 54.7 Å². The number of fused-ring (bicyclic) bond motifs is 1. The summed E-state index contributed by atoms with van der Waals surface area (Å²) in [6.07, 6.45) is -2.26. The lowest BCUT2D eigenvalue weighted by atomic mass is 10.1. The highest BCUT2D eigenvalue weighted by Crippen LogP contribution is 2.39. The molecular formula is C29H32F3N7O2. The van der Waals surface area contributed by atoms with Crippen LogP contribution < -0.4 is 25.8 Å². The van der Waals surface area contributed by atoms with Gasteiger partial charge in [-0.15, -0.1) is 0 Å². The number of rotatable bonds is 6. The number of pyridine rings is 1. The minimum Gasteiger partial charge on any atom is -0.368 e. The van der Waals surface area contributed by atoms with Crippen molar-refractivity contribution in [2.75, 3.05) is 66.7 Å². The number of amides is 3. The molecule has 0 spiro atoms. The van der Waals surface area contributed by atoms with Crippen molar-refractivity contribution in [3.8, 4) is 0 Å². The first-order chi connectivity index (χ1) is 19.7. The Morgan fingerprint density at radius 1 is 0.902 bits per heavy atom. The summed E-state index contributed by atoms with van der Waals surface area (Å²) in [6.45, 7) is 6.01. The van der Waals surface area contributed by atoms with Crippen LogP contribution in [0.5, 0.6) is 0 Å². The molecule has 2 aliphatic rings. The predicted octanol–water partition coefficient (Wildman–Crippen LogP) is 4.94. The molecule has 12 heteroatoms. The molecule has 1 aromatic heterocycles. The smallest absolute Gasteiger partial charge is 0.368 e. The number of benzene rings is 2. The van der Waals surface area contributed by atoms with Crippen molar-refractivity contribution < 1.29 is 22.8 Å². The van der Waals surface area contributed by atoms with Gasteiger partial charge in [-0.3, -0.25) is 9.78 Å². The monoisotopic (exact) mass is 567 g/mol. The minimum atomic E-state index is -4.56. The van der Waals surface area contributed by atoms with E-state index in [9.17, 15) is 22.8 Å². The van der Waals surface area contributed by atoms with Crippen molar-refractivity contribution in [1.29, 1.82) is 0 Å². The lowest BCUT2D eigenvalue weighted by molar-refractivity contribution is -0.137. The highest BCUT2D eigenvalue weighted by atomic mass is 19.4. The van der Waals surface area contributed by atoms with E-state index in [1.54, 1.807) is 30.3 Å². The van der Waals surface area contributed by atoms with E-state index in [-0.39, 0.29) is 17.3 Å². The second-order valence-electron chi connectivity index (χ2n) is 9.95. The van der Waals surface area contributed by atoms with Gasteiger partial charge in [0.15, 0.2) is 0 Å². The average molecular weight is 568 g/mol. The van der Waals surface area contributed by atoms with E-state index in [0.717, 1.165) is 29.5 Å². The Kier molecular flexibility index (Phi) is 8.02. The van der Waals surface area contributed by atoms with E-state index in [2.05, 4.69) is 30.7 Å². The van der Waals surface area contributed by atoms with Crippen molar-refractivity contribution in [3.63, 3.8) is 0 Å². The van der Waals surface area contributed by atoms with Crippen LogP contribution in [-0.2, 0) is 12.6 Å². The zero-order chi connectivity index (χ0) is 29.1. The normalized spacial score (nSPS) is 15.4. The van der Waals surface area contributed by atoms with Crippen LogP contribution in [0.2, 0.25) is 0 Å². The zero-order valence-electron chi connectivity index (χ0n) is 22.9. The highest BCUT2D eigenvalue weighted by molar-refractivity contribution is 6.00. The molecule has 41 heavy (non-hydrogen) atoms. The first-order valence-corrected chi connectivity index (χ1v) is 13.5. The second kappa shape index (κ2) is 11.7. The third-order valence-corrected chi connectivity index (χ3v) is 7.47. The number of piperazine rings is 1. The first-order valence-electron chi connectivity index (χ1n) is 13.5. The van der Waals surface area contributed by atoms with Gasteiger partial charge in [0.25, 0.3) is 5.91 Å². The topological polar surface area (TPSA) is 92.8 Å². The fraction of sp³-hybridized carbons (Fsp3) is 0.345. The average Bonchev–Trinajstić information content (AvgIpc) is 3.39. The summed E-state index contributed by atoms with van der Waals surface area (Å²) in [5, 5.41) is 7.83. The van der Waals surface area contributed by atoms with Crippen LogP contribution in [0.1, 0.15) is 28.5 Å². The van der Waals surface area contributed by atoms with Gasteiger partial charge in [-0.2, -0.15) is 13.2 Å². The van der Waals surface area contributed by atoms with E-state index >= 15 is 0 Å². The Hall–Kier alpha value is -4.32. The molecule has 0 saturated carbocycles. The largest absolute Gasteiger partial charge is 0.418 e. The number of aromatic nitrogens is 1. The molecule has 216 valence electrons. The molecule has 0 aliphatic carbocycles. The number of hydrogen-bond donors (Lipinski definition) is 3. The number of anilines is 5.